The molecule has 0 saturated heterocycles. The maximum absolute atomic E-state index is 11.2. The second-order valence-electron chi connectivity index (χ2n) is 8.80. The van der Waals surface area contributed by atoms with Crippen LogP contribution in [0.5, 0.6) is 11.5 Å². The number of aryl methyl sites for hydroxylation is 1. The first-order valence-corrected chi connectivity index (χ1v) is 10.3. The predicted molar refractivity (Wildman–Crippen MR) is 121 cm³/mol. The molecule has 1 aromatic heterocycles. The molecule has 2 N–H and O–H groups in total. The molecule has 31 heavy (non-hydrogen) atoms. The highest BCUT2D eigenvalue weighted by Gasteiger charge is 2.23. The first kappa shape index (κ1) is 20.7. The largest absolute Gasteiger partial charge is 0.508 e. The van der Waals surface area contributed by atoms with Crippen molar-refractivity contribution >= 4 is 0 Å². The van der Waals surface area contributed by atoms with E-state index >= 15 is 0 Å². The molecule has 0 aliphatic carbocycles. The van der Waals surface area contributed by atoms with E-state index in [0.29, 0.717) is 29.3 Å². The summed E-state index contributed by atoms with van der Waals surface area (Å²) in [5.74, 6) is 0.997. The Hall–Kier alpha value is -3.60. The zero-order valence-corrected chi connectivity index (χ0v) is 18.2. The first-order chi connectivity index (χ1) is 14.7. The fourth-order valence-electron chi connectivity index (χ4n) is 3.58. The fraction of sp³-hybridized carbons (Fsp3) is 0.231. The van der Waals surface area contributed by atoms with Crippen molar-refractivity contribution in [1.82, 2.24) is 10.1 Å². The number of para-hydroxylation sites is 1. The lowest BCUT2D eigenvalue weighted by molar-refractivity contribution is 0.382. The number of aromatic nitrogens is 2. The molecule has 0 bridgehead atoms. The van der Waals surface area contributed by atoms with E-state index in [0.717, 1.165) is 22.3 Å². The maximum Gasteiger partial charge on any atom is 0.231 e. The maximum atomic E-state index is 11.2. The minimum atomic E-state index is -0.137. The number of aromatic hydroxyl groups is 2. The average molecular weight is 415 g/mol. The van der Waals surface area contributed by atoms with Crippen LogP contribution in [0, 0.1) is 6.92 Å². The first-order valence-electron chi connectivity index (χ1n) is 10.3. The molecule has 1 heterocycles. The van der Waals surface area contributed by atoms with Gasteiger partial charge in [0, 0.05) is 11.1 Å². The summed E-state index contributed by atoms with van der Waals surface area (Å²) in [4.78, 5) is 4.51. The van der Waals surface area contributed by atoms with Gasteiger partial charge in [-0.15, -0.1) is 0 Å². The average Bonchev–Trinajstić information content (AvgIpc) is 3.18. The number of hydrogen-bond acceptors (Lipinski definition) is 5. The van der Waals surface area contributed by atoms with Gasteiger partial charge in [0.15, 0.2) is 0 Å². The van der Waals surface area contributed by atoms with Crippen LogP contribution >= 0.6 is 0 Å². The second-order valence-corrected chi connectivity index (χ2v) is 8.80. The molecule has 0 saturated carbocycles. The number of benzene rings is 3. The summed E-state index contributed by atoms with van der Waals surface area (Å²) in [6.07, 6.45) is 0.310. The van der Waals surface area contributed by atoms with Gasteiger partial charge in [0.25, 0.3) is 0 Å². The standard InChI is InChI=1S/C26H26N2O3/c1-16-9-5-7-11-19(16)20-14-18(26(2,3)4)15-21(24(20)30)25-27-23(31-28-25)13-17-10-6-8-12-22(17)29/h5-12,14-15,29-30H,13H2,1-4H3. The van der Waals surface area contributed by atoms with E-state index < -0.39 is 0 Å². The summed E-state index contributed by atoms with van der Waals surface area (Å²) in [6.45, 7) is 8.41. The van der Waals surface area contributed by atoms with Crippen LogP contribution in [0.15, 0.2) is 65.2 Å². The number of hydrogen-bond donors (Lipinski definition) is 2. The van der Waals surface area contributed by atoms with Gasteiger partial charge in [0.05, 0.1) is 12.0 Å². The Bertz CT molecular complexity index is 1240. The highest BCUT2D eigenvalue weighted by molar-refractivity contribution is 5.82. The predicted octanol–water partition coefficient (Wildman–Crippen LogP) is 6.01. The van der Waals surface area contributed by atoms with Gasteiger partial charge in [-0.2, -0.15) is 4.98 Å². The number of rotatable bonds is 4. The van der Waals surface area contributed by atoms with Gasteiger partial charge in [0.1, 0.15) is 11.5 Å². The molecule has 5 nitrogen and oxygen atoms in total. The van der Waals surface area contributed by atoms with Gasteiger partial charge in [-0.05, 0) is 47.2 Å². The third kappa shape index (κ3) is 4.17. The van der Waals surface area contributed by atoms with Crippen molar-refractivity contribution in [3.05, 3.63) is 83.2 Å². The smallest absolute Gasteiger partial charge is 0.231 e. The number of nitrogens with zero attached hydrogens (tertiary/aromatic N) is 2. The molecule has 0 unspecified atom stereocenters. The summed E-state index contributed by atoms with van der Waals surface area (Å²) in [5, 5.41) is 25.3. The van der Waals surface area contributed by atoms with Crippen LogP contribution in [0.4, 0.5) is 0 Å². The van der Waals surface area contributed by atoms with Crippen LogP contribution in [0.3, 0.4) is 0 Å². The van der Waals surface area contributed by atoms with Gasteiger partial charge in [0.2, 0.25) is 11.7 Å². The lowest BCUT2D eigenvalue weighted by Gasteiger charge is -2.22. The molecule has 0 atom stereocenters. The molecule has 0 spiro atoms. The summed E-state index contributed by atoms with van der Waals surface area (Å²) >= 11 is 0. The molecule has 0 radical (unpaired) electrons. The summed E-state index contributed by atoms with van der Waals surface area (Å²) < 4.78 is 5.44. The second kappa shape index (κ2) is 7.91. The third-order valence-corrected chi connectivity index (χ3v) is 5.45. The molecule has 158 valence electrons. The zero-order valence-electron chi connectivity index (χ0n) is 18.2. The molecular formula is C26H26N2O3. The van der Waals surface area contributed by atoms with Crippen molar-refractivity contribution in [2.75, 3.05) is 0 Å². The van der Waals surface area contributed by atoms with Crippen molar-refractivity contribution in [3.8, 4) is 34.0 Å². The SMILES string of the molecule is Cc1ccccc1-c1cc(C(C)(C)C)cc(-c2noc(Cc3ccccc3O)n2)c1O. The zero-order chi connectivity index (χ0) is 22.2. The van der Waals surface area contributed by atoms with Gasteiger partial charge >= 0.3 is 0 Å². The Morgan fingerprint density at radius 2 is 1.55 bits per heavy atom. The lowest BCUT2D eigenvalue weighted by Crippen LogP contribution is -2.11. The van der Waals surface area contributed by atoms with E-state index in [9.17, 15) is 10.2 Å². The fourth-order valence-corrected chi connectivity index (χ4v) is 3.58. The summed E-state index contributed by atoms with van der Waals surface area (Å²) in [7, 11) is 0. The molecule has 4 rings (SSSR count). The summed E-state index contributed by atoms with van der Waals surface area (Å²) in [6, 6.07) is 19.0. The highest BCUT2D eigenvalue weighted by Crippen LogP contribution is 2.42. The van der Waals surface area contributed by atoms with Crippen LogP contribution < -0.4 is 0 Å². The normalized spacial score (nSPS) is 11.6. The van der Waals surface area contributed by atoms with Crippen molar-refractivity contribution in [2.24, 2.45) is 0 Å². The molecule has 3 aromatic carbocycles. The lowest BCUT2D eigenvalue weighted by atomic mass is 9.83. The van der Waals surface area contributed by atoms with Gasteiger partial charge in [-0.3, -0.25) is 0 Å². The van der Waals surface area contributed by atoms with Crippen molar-refractivity contribution in [2.45, 2.75) is 39.5 Å². The molecule has 4 aromatic rings. The minimum absolute atomic E-state index is 0.122. The highest BCUT2D eigenvalue weighted by atomic mass is 16.5. The van der Waals surface area contributed by atoms with E-state index in [1.807, 2.05) is 55.5 Å². The molecule has 0 fully saturated rings. The quantitative estimate of drug-likeness (QED) is 0.427. The monoisotopic (exact) mass is 414 g/mol. The molecular weight excluding hydrogens is 388 g/mol. The van der Waals surface area contributed by atoms with E-state index in [1.54, 1.807) is 12.1 Å². The Morgan fingerprint density at radius 1 is 0.871 bits per heavy atom. The van der Waals surface area contributed by atoms with Gasteiger partial charge < -0.3 is 14.7 Å². The molecule has 0 aliphatic rings. The molecule has 0 aliphatic heterocycles. The van der Waals surface area contributed by atoms with Crippen LogP contribution in [0.1, 0.15) is 43.4 Å². The van der Waals surface area contributed by atoms with E-state index in [2.05, 4.69) is 30.9 Å². The van der Waals surface area contributed by atoms with Crippen LogP contribution in [-0.4, -0.2) is 20.4 Å². The van der Waals surface area contributed by atoms with Crippen LogP contribution in [-0.2, 0) is 11.8 Å². The van der Waals surface area contributed by atoms with Crippen LogP contribution in [0.25, 0.3) is 22.5 Å². The van der Waals surface area contributed by atoms with E-state index in [4.69, 9.17) is 4.52 Å². The Labute approximate surface area is 182 Å². The molecule has 0 amide bonds. The topological polar surface area (TPSA) is 79.4 Å². The van der Waals surface area contributed by atoms with Crippen molar-refractivity contribution in [3.63, 3.8) is 0 Å². The van der Waals surface area contributed by atoms with Crippen molar-refractivity contribution in [1.29, 1.82) is 0 Å². The van der Waals surface area contributed by atoms with Crippen molar-refractivity contribution < 1.29 is 14.7 Å². The molecule has 5 heteroatoms. The van der Waals surface area contributed by atoms with Gasteiger partial charge in [-0.1, -0.05) is 68.4 Å². The van der Waals surface area contributed by atoms with Gasteiger partial charge in [-0.25, -0.2) is 0 Å². The third-order valence-electron chi connectivity index (χ3n) is 5.45. The van der Waals surface area contributed by atoms with Crippen LogP contribution in [0.2, 0.25) is 0 Å². The Balaban J connectivity index is 1.82. The van der Waals surface area contributed by atoms with E-state index in [-0.39, 0.29) is 16.9 Å². The number of phenolic OH excluding ortho intramolecular Hbond substituents is 2. The Kier molecular flexibility index (Phi) is 5.27. The summed E-state index contributed by atoms with van der Waals surface area (Å²) in [5.41, 5.74) is 4.93. The Morgan fingerprint density at radius 3 is 2.26 bits per heavy atom. The number of phenols is 2. The minimum Gasteiger partial charge on any atom is -0.508 e. The van der Waals surface area contributed by atoms with E-state index in [1.165, 1.54) is 0 Å².